The van der Waals surface area contributed by atoms with Crippen LogP contribution in [0.5, 0.6) is 0 Å². The number of β-amino-alcohol motifs (C(OH)–C–C–N with tert-alkyl or cyclic N) is 1. The molecule has 2 aromatic rings. The van der Waals surface area contributed by atoms with Crippen LogP contribution >= 0.6 is 0 Å². The summed E-state index contributed by atoms with van der Waals surface area (Å²) in [7, 11) is -4.05. The summed E-state index contributed by atoms with van der Waals surface area (Å²) in [5, 5.41) is 11.7. The van der Waals surface area contributed by atoms with Gasteiger partial charge in [-0.15, -0.1) is 0 Å². The quantitative estimate of drug-likeness (QED) is 0.520. The number of hydrogen-bond acceptors (Lipinski definition) is 5. The van der Waals surface area contributed by atoms with Crippen molar-refractivity contribution in [2.24, 2.45) is 0 Å². The molecule has 3 rings (SSSR count). The molecule has 0 bridgehead atoms. The number of nitrogens with zero attached hydrogens (tertiary/aromatic N) is 1. The molecule has 7 nitrogen and oxygen atoms in total. The molecule has 1 aliphatic heterocycles. The molecule has 150 valence electrons. The Morgan fingerprint density at radius 3 is 2.39 bits per heavy atom. The number of carbonyl (C=O) groups is 1. The number of aliphatic hydroxyl groups excluding tert-OH is 1. The minimum atomic E-state index is -4.05. The second-order valence-corrected chi connectivity index (χ2v) is 8.17. The van der Waals surface area contributed by atoms with Crippen molar-refractivity contribution in [3.63, 3.8) is 0 Å². The number of amides is 1. The monoisotopic (exact) mass is 415 g/mol. The lowest BCUT2D eigenvalue weighted by Gasteiger charge is -2.17. The Morgan fingerprint density at radius 1 is 1.18 bits per heavy atom. The molecule has 0 saturated carbocycles. The molecule has 2 aromatic carbocycles. The largest absolute Gasteiger partial charge is 0.398 e. The number of nitrogens with one attached hydrogen (secondary N) is 1. The summed E-state index contributed by atoms with van der Waals surface area (Å²) in [6.45, 7) is 0.0137. The second-order valence-electron chi connectivity index (χ2n) is 6.27. The molecule has 11 heteroatoms. The molecule has 0 aliphatic carbocycles. The predicted molar refractivity (Wildman–Crippen MR) is 94.5 cm³/mol. The van der Waals surface area contributed by atoms with Crippen molar-refractivity contribution in [3.05, 3.63) is 53.3 Å². The Balaban J connectivity index is 1.90. The fraction of sp³-hybridized carbons (Fsp3) is 0.235. The number of sulfonamides is 1. The highest BCUT2D eigenvalue weighted by Crippen LogP contribution is 2.27. The Morgan fingerprint density at radius 2 is 1.82 bits per heavy atom. The zero-order valence-electron chi connectivity index (χ0n) is 14.3. The Bertz CT molecular complexity index is 1020. The van der Waals surface area contributed by atoms with Crippen molar-refractivity contribution in [1.82, 2.24) is 4.31 Å². The van der Waals surface area contributed by atoms with Crippen LogP contribution < -0.4 is 11.1 Å². The van der Waals surface area contributed by atoms with E-state index in [1.165, 1.54) is 12.1 Å². The van der Waals surface area contributed by atoms with Gasteiger partial charge in [0.15, 0.2) is 17.5 Å². The van der Waals surface area contributed by atoms with E-state index in [-0.39, 0.29) is 41.3 Å². The maximum Gasteiger partial charge on any atom is 0.255 e. The number of hydrogen-bond donors (Lipinski definition) is 3. The summed E-state index contributed by atoms with van der Waals surface area (Å²) >= 11 is 0. The Hall–Kier alpha value is -2.63. The number of aliphatic hydroxyl groups is 1. The fourth-order valence-electron chi connectivity index (χ4n) is 2.80. The average Bonchev–Trinajstić information content (AvgIpc) is 3.07. The van der Waals surface area contributed by atoms with E-state index in [9.17, 15) is 31.5 Å². The summed E-state index contributed by atoms with van der Waals surface area (Å²) in [5.41, 5.74) is 5.16. The van der Waals surface area contributed by atoms with E-state index in [0.29, 0.717) is 12.1 Å². The van der Waals surface area contributed by atoms with Gasteiger partial charge in [-0.1, -0.05) is 0 Å². The number of nitrogen functional groups attached to an aromatic ring is 1. The molecule has 1 heterocycles. The summed E-state index contributed by atoms with van der Waals surface area (Å²) in [4.78, 5) is 12.0. The van der Waals surface area contributed by atoms with Crippen molar-refractivity contribution >= 4 is 27.3 Å². The van der Waals surface area contributed by atoms with Gasteiger partial charge in [0.1, 0.15) is 4.90 Å². The van der Waals surface area contributed by atoms with Crippen LogP contribution in [0, 0.1) is 17.5 Å². The number of nitrogens with two attached hydrogens (primary N) is 1. The third-order valence-electron chi connectivity index (χ3n) is 4.26. The number of rotatable bonds is 4. The smallest absolute Gasteiger partial charge is 0.255 e. The zero-order valence-corrected chi connectivity index (χ0v) is 15.1. The van der Waals surface area contributed by atoms with Crippen molar-refractivity contribution in [3.8, 4) is 0 Å². The van der Waals surface area contributed by atoms with Crippen molar-refractivity contribution in [2.45, 2.75) is 17.4 Å². The van der Waals surface area contributed by atoms with Gasteiger partial charge in [-0.2, -0.15) is 4.31 Å². The van der Waals surface area contributed by atoms with Gasteiger partial charge in [0.2, 0.25) is 10.0 Å². The molecule has 1 atom stereocenters. The van der Waals surface area contributed by atoms with Crippen LogP contribution in [0.2, 0.25) is 0 Å². The summed E-state index contributed by atoms with van der Waals surface area (Å²) < 4.78 is 66.1. The number of carbonyl (C=O) groups excluding carboxylic acids is 1. The highest BCUT2D eigenvalue weighted by Gasteiger charge is 2.33. The number of benzene rings is 2. The van der Waals surface area contributed by atoms with Gasteiger partial charge < -0.3 is 16.2 Å². The molecule has 4 N–H and O–H groups in total. The molecular weight excluding hydrogens is 399 g/mol. The molecule has 0 spiro atoms. The molecule has 1 aliphatic rings. The highest BCUT2D eigenvalue weighted by atomic mass is 32.2. The average molecular weight is 415 g/mol. The fourth-order valence-corrected chi connectivity index (χ4v) is 4.43. The molecule has 28 heavy (non-hydrogen) atoms. The molecule has 0 aromatic heterocycles. The summed E-state index contributed by atoms with van der Waals surface area (Å²) in [6, 6.07) is 4.66. The van der Waals surface area contributed by atoms with Crippen LogP contribution in [-0.2, 0) is 10.0 Å². The van der Waals surface area contributed by atoms with Crippen LogP contribution in [-0.4, -0.2) is 42.9 Å². The number of halogens is 3. The molecule has 1 amide bonds. The minimum absolute atomic E-state index is 0.0909. The first-order valence-electron chi connectivity index (χ1n) is 8.13. The third-order valence-corrected chi connectivity index (χ3v) is 6.18. The lowest BCUT2D eigenvalue weighted by atomic mass is 10.2. The maximum atomic E-state index is 13.3. The standard InChI is InChI=1S/C17H16F3N3O4S/c18-12-6-10(7-13(19)16(12)20)22-17(25)9-1-2-14(21)15(5-9)28(26,27)23-4-3-11(24)8-23/h1-2,5-7,11,24H,3-4,8,21H2,(H,22,25). The van der Waals surface area contributed by atoms with Gasteiger partial charge in [-0.05, 0) is 24.6 Å². The lowest BCUT2D eigenvalue weighted by Crippen LogP contribution is -2.30. The highest BCUT2D eigenvalue weighted by molar-refractivity contribution is 7.89. The SMILES string of the molecule is Nc1ccc(C(=O)Nc2cc(F)c(F)c(F)c2)cc1S(=O)(=O)N1CCC(O)C1. The molecular formula is C17H16F3N3O4S. The summed E-state index contributed by atoms with van der Waals surface area (Å²) in [6.07, 6.45) is -0.508. The van der Waals surface area contributed by atoms with Crippen molar-refractivity contribution in [1.29, 1.82) is 0 Å². The molecule has 1 unspecified atom stereocenters. The normalized spacial score (nSPS) is 17.6. The van der Waals surface area contributed by atoms with Crippen molar-refractivity contribution in [2.75, 3.05) is 24.1 Å². The third kappa shape index (κ3) is 3.81. The molecule has 1 fully saturated rings. The lowest BCUT2D eigenvalue weighted by molar-refractivity contribution is 0.102. The van der Waals surface area contributed by atoms with Crippen LogP contribution in [0.4, 0.5) is 24.5 Å². The first-order chi connectivity index (χ1) is 13.1. The van der Waals surface area contributed by atoms with Gasteiger partial charge in [-0.3, -0.25) is 4.79 Å². The van der Waals surface area contributed by atoms with Crippen LogP contribution in [0.1, 0.15) is 16.8 Å². The summed E-state index contributed by atoms with van der Waals surface area (Å²) in [5.74, 6) is -5.51. The van der Waals surface area contributed by atoms with E-state index in [4.69, 9.17) is 5.73 Å². The van der Waals surface area contributed by atoms with Crippen LogP contribution in [0.25, 0.3) is 0 Å². The zero-order chi connectivity index (χ0) is 20.6. The maximum absolute atomic E-state index is 13.3. The molecule has 0 radical (unpaired) electrons. The van der Waals surface area contributed by atoms with E-state index < -0.39 is 39.5 Å². The topological polar surface area (TPSA) is 113 Å². The van der Waals surface area contributed by atoms with Crippen molar-refractivity contribution < 1.29 is 31.5 Å². The van der Waals surface area contributed by atoms with Gasteiger partial charge in [0.05, 0.1) is 11.8 Å². The Kier molecular flexibility index (Phi) is 5.33. The number of anilines is 2. The van der Waals surface area contributed by atoms with E-state index in [1.54, 1.807) is 0 Å². The van der Waals surface area contributed by atoms with E-state index in [1.807, 2.05) is 0 Å². The first-order valence-corrected chi connectivity index (χ1v) is 9.57. The van der Waals surface area contributed by atoms with Gasteiger partial charge in [0.25, 0.3) is 5.91 Å². The predicted octanol–water partition coefficient (Wildman–Crippen LogP) is 1.69. The van der Waals surface area contributed by atoms with E-state index in [0.717, 1.165) is 10.4 Å². The van der Waals surface area contributed by atoms with E-state index in [2.05, 4.69) is 5.32 Å². The Labute approximate surface area is 158 Å². The van der Waals surface area contributed by atoms with Gasteiger partial charge >= 0.3 is 0 Å². The van der Waals surface area contributed by atoms with Gasteiger partial charge in [0, 0.05) is 36.5 Å². The second kappa shape index (κ2) is 7.41. The van der Waals surface area contributed by atoms with E-state index >= 15 is 0 Å². The van der Waals surface area contributed by atoms with Crippen LogP contribution in [0.15, 0.2) is 35.2 Å². The van der Waals surface area contributed by atoms with Gasteiger partial charge in [-0.25, -0.2) is 21.6 Å². The van der Waals surface area contributed by atoms with Crippen LogP contribution in [0.3, 0.4) is 0 Å². The first kappa shape index (κ1) is 20.1. The minimum Gasteiger partial charge on any atom is -0.398 e. The molecule has 1 saturated heterocycles.